The summed E-state index contributed by atoms with van der Waals surface area (Å²) in [7, 11) is 0. The van der Waals surface area contributed by atoms with E-state index in [0.717, 1.165) is 16.9 Å². The van der Waals surface area contributed by atoms with Gasteiger partial charge in [0.1, 0.15) is 42.8 Å². The molecule has 0 radical (unpaired) electrons. The quantitative estimate of drug-likeness (QED) is 0.0812. The Bertz CT molecular complexity index is 1830. The van der Waals surface area contributed by atoms with Gasteiger partial charge in [0, 0.05) is 5.56 Å². The lowest BCUT2D eigenvalue weighted by Gasteiger charge is -2.24. The monoisotopic (exact) mass is 624 g/mol. The standard InChI is InChI=1S/C34H28N2O8S/c1-3-14-43-33(40)31-20(2)35-34(45-31)36-28(22-10-7-11-24(17-22)44-19-21-8-5-4-6-9-21)27(30(38)32(36)39)29(37)23-12-13-25-26(18-23)42-16-15-41-25/h3-13,17-18,28,37H,1,14-16,19H2,2H3. The van der Waals surface area contributed by atoms with Crippen LogP contribution in [-0.2, 0) is 20.9 Å². The fraction of sp³-hybridized carbons (Fsp3) is 0.176. The van der Waals surface area contributed by atoms with Gasteiger partial charge in [-0.05, 0) is 48.4 Å². The molecule has 4 aromatic rings. The molecule has 3 aromatic carbocycles. The smallest absolute Gasteiger partial charge is 0.350 e. The number of esters is 1. The zero-order valence-corrected chi connectivity index (χ0v) is 25.0. The summed E-state index contributed by atoms with van der Waals surface area (Å²) < 4.78 is 22.5. The topological polar surface area (TPSA) is 124 Å². The van der Waals surface area contributed by atoms with Gasteiger partial charge in [-0.1, -0.05) is 66.5 Å². The van der Waals surface area contributed by atoms with Crippen LogP contribution in [0.25, 0.3) is 5.76 Å². The Hall–Kier alpha value is -5.42. The highest BCUT2D eigenvalue weighted by Crippen LogP contribution is 2.45. The summed E-state index contributed by atoms with van der Waals surface area (Å²) in [6.07, 6.45) is 1.44. The van der Waals surface area contributed by atoms with Crippen molar-refractivity contribution in [1.29, 1.82) is 0 Å². The molecule has 11 heteroatoms. The number of benzene rings is 3. The number of hydrogen-bond donors (Lipinski definition) is 1. The molecule has 228 valence electrons. The lowest BCUT2D eigenvalue weighted by Crippen LogP contribution is -2.29. The molecule has 1 aromatic heterocycles. The van der Waals surface area contributed by atoms with Crippen molar-refractivity contribution in [1.82, 2.24) is 4.98 Å². The fourth-order valence-electron chi connectivity index (χ4n) is 5.08. The largest absolute Gasteiger partial charge is 0.507 e. The van der Waals surface area contributed by atoms with E-state index < -0.39 is 29.5 Å². The van der Waals surface area contributed by atoms with Gasteiger partial charge in [-0.15, -0.1) is 0 Å². The highest BCUT2D eigenvalue weighted by Gasteiger charge is 2.48. The van der Waals surface area contributed by atoms with Crippen LogP contribution in [0.15, 0.2) is 91.0 Å². The van der Waals surface area contributed by atoms with E-state index in [1.807, 2.05) is 30.3 Å². The molecule has 1 amide bonds. The van der Waals surface area contributed by atoms with Gasteiger partial charge in [-0.3, -0.25) is 14.5 Å². The first-order chi connectivity index (χ1) is 21.9. The van der Waals surface area contributed by atoms with Crippen LogP contribution >= 0.6 is 11.3 Å². The first-order valence-electron chi connectivity index (χ1n) is 14.1. The van der Waals surface area contributed by atoms with Crippen molar-refractivity contribution in [2.45, 2.75) is 19.6 Å². The molecule has 1 fully saturated rings. The minimum absolute atomic E-state index is 0.00132. The Kier molecular flexibility index (Phi) is 8.35. The van der Waals surface area contributed by atoms with E-state index in [2.05, 4.69) is 11.6 Å². The van der Waals surface area contributed by atoms with E-state index in [-0.39, 0.29) is 27.8 Å². The zero-order chi connectivity index (χ0) is 31.5. The molecule has 1 atom stereocenters. The van der Waals surface area contributed by atoms with Crippen LogP contribution in [-0.4, -0.2) is 47.6 Å². The Morgan fingerprint density at radius 1 is 1.07 bits per heavy atom. The van der Waals surface area contributed by atoms with E-state index in [4.69, 9.17) is 18.9 Å². The number of aliphatic hydroxyl groups is 1. The van der Waals surface area contributed by atoms with Crippen molar-refractivity contribution in [2.75, 3.05) is 24.7 Å². The molecule has 1 saturated heterocycles. The maximum Gasteiger partial charge on any atom is 0.350 e. The predicted octanol–water partition coefficient (Wildman–Crippen LogP) is 5.77. The maximum absolute atomic E-state index is 13.7. The Labute approximate surface area is 262 Å². The molecule has 45 heavy (non-hydrogen) atoms. The second-order valence-corrected chi connectivity index (χ2v) is 11.1. The van der Waals surface area contributed by atoms with Gasteiger partial charge in [0.2, 0.25) is 0 Å². The van der Waals surface area contributed by atoms with Crippen LogP contribution in [0, 0.1) is 6.92 Å². The van der Waals surface area contributed by atoms with Crippen LogP contribution in [0.5, 0.6) is 17.2 Å². The number of carbonyl (C=O) groups is 3. The second-order valence-electron chi connectivity index (χ2n) is 10.2. The first-order valence-corrected chi connectivity index (χ1v) is 14.9. The van der Waals surface area contributed by atoms with Crippen molar-refractivity contribution in [3.63, 3.8) is 0 Å². The number of hydrogen-bond acceptors (Lipinski definition) is 10. The van der Waals surface area contributed by atoms with E-state index in [1.165, 1.54) is 11.0 Å². The molecule has 2 aliphatic heterocycles. The normalized spacial score (nSPS) is 16.8. The number of carbonyl (C=O) groups excluding carboxylic acids is 3. The number of ketones is 1. The van der Waals surface area contributed by atoms with Gasteiger partial charge < -0.3 is 24.1 Å². The summed E-state index contributed by atoms with van der Waals surface area (Å²) in [5, 5.41) is 11.7. The number of aliphatic hydroxyl groups excluding tert-OH is 1. The average Bonchev–Trinajstić information content (AvgIpc) is 3.58. The minimum atomic E-state index is -1.10. The highest BCUT2D eigenvalue weighted by molar-refractivity contribution is 7.17. The van der Waals surface area contributed by atoms with Crippen molar-refractivity contribution in [3.8, 4) is 17.2 Å². The highest BCUT2D eigenvalue weighted by atomic mass is 32.1. The van der Waals surface area contributed by atoms with Crippen LogP contribution in [0.2, 0.25) is 0 Å². The van der Waals surface area contributed by atoms with E-state index in [0.29, 0.717) is 48.3 Å². The number of ether oxygens (including phenoxy) is 4. The van der Waals surface area contributed by atoms with Crippen LogP contribution < -0.4 is 19.1 Å². The molecule has 1 unspecified atom stereocenters. The summed E-state index contributed by atoms with van der Waals surface area (Å²) >= 11 is 0.920. The Morgan fingerprint density at radius 3 is 2.62 bits per heavy atom. The van der Waals surface area contributed by atoms with Crippen LogP contribution in [0.1, 0.15) is 38.1 Å². The zero-order valence-electron chi connectivity index (χ0n) is 24.2. The SMILES string of the molecule is C=CCOC(=O)c1sc(N2C(=O)C(=O)C(=C(O)c3ccc4c(c3)OCCO4)C2c2cccc(OCc3ccccc3)c2)nc1C. The Morgan fingerprint density at radius 2 is 1.84 bits per heavy atom. The van der Waals surface area contributed by atoms with Crippen LogP contribution in [0.3, 0.4) is 0 Å². The molecule has 10 nitrogen and oxygen atoms in total. The molecule has 3 heterocycles. The molecule has 1 N–H and O–H groups in total. The van der Waals surface area contributed by atoms with Gasteiger partial charge in [-0.2, -0.15) is 0 Å². The van der Waals surface area contributed by atoms with Crippen molar-refractivity contribution in [3.05, 3.63) is 118 Å². The first kappa shape index (κ1) is 29.6. The van der Waals surface area contributed by atoms with E-state index in [1.54, 1.807) is 49.4 Å². The molecule has 0 saturated carbocycles. The van der Waals surface area contributed by atoms with Crippen LogP contribution in [0.4, 0.5) is 5.13 Å². The van der Waals surface area contributed by atoms with Gasteiger partial charge in [0.05, 0.1) is 17.3 Å². The number of amides is 1. The van der Waals surface area contributed by atoms with E-state index in [9.17, 15) is 19.5 Å². The summed E-state index contributed by atoms with van der Waals surface area (Å²) in [5.41, 5.74) is 1.89. The second kappa shape index (κ2) is 12.7. The third-order valence-corrected chi connectivity index (χ3v) is 8.33. The van der Waals surface area contributed by atoms with Crippen molar-refractivity contribution < 1.29 is 38.4 Å². The van der Waals surface area contributed by atoms with Gasteiger partial charge in [-0.25, -0.2) is 9.78 Å². The number of anilines is 1. The number of aromatic nitrogens is 1. The van der Waals surface area contributed by atoms with Crippen molar-refractivity contribution in [2.24, 2.45) is 0 Å². The fourth-order valence-corrected chi connectivity index (χ4v) is 6.07. The number of aryl methyl sites for hydroxylation is 1. The molecule has 0 spiro atoms. The number of thiazole rings is 1. The summed E-state index contributed by atoms with van der Waals surface area (Å²) in [6, 6.07) is 20.3. The average molecular weight is 625 g/mol. The maximum atomic E-state index is 13.7. The lowest BCUT2D eigenvalue weighted by atomic mass is 9.95. The number of rotatable bonds is 9. The summed E-state index contributed by atoms with van der Waals surface area (Å²) in [4.78, 5) is 46.0. The molecular formula is C34H28N2O8S. The Balaban J connectivity index is 1.45. The molecule has 6 rings (SSSR count). The molecule has 0 aliphatic carbocycles. The predicted molar refractivity (Wildman–Crippen MR) is 167 cm³/mol. The third-order valence-electron chi connectivity index (χ3n) is 7.19. The third kappa shape index (κ3) is 5.89. The van der Waals surface area contributed by atoms with E-state index >= 15 is 0 Å². The molecule has 2 aliphatic rings. The number of Topliss-reactive ketones (excluding diaryl/α,β-unsaturated/α-hetero) is 1. The number of fused-ring (bicyclic) bond motifs is 1. The number of nitrogens with zero attached hydrogens (tertiary/aromatic N) is 2. The van der Waals surface area contributed by atoms with Gasteiger partial charge >= 0.3 is 11.9 Å². The molecule has 0 bridgehead atoms. The minimum Gasteiger partial charge on any atom is -0.507 e. The molecular weight excluding hydrogens is 596 g/mol. The summed E-state index contributed by atoms with van der Waals surface area (Å²) in [6.45, 7) is 6.19. The lowest BCUT2D eigenvalue weighted by molar-refractivity contribution is -0.132. The van der Waals surface area contributed by atoms with Gasteiger partial charge in [0.25, 0.3) is 5.78 Å². The van der Waals surface area contributed by atoms with Crippen molar-refractivity contribution >= 4 is 39.9 Å². The van der Waals surface area contributed by atoms with Gasteiger partial charge in [0.15, 0.2) is 16.6 Å². The summed E-state index contributed by atoms with van der Waals surface area (Å²) in [5.74, 6) is -1.44.